The highest BCUT2D eigenvalue weighted by Gasteiger charge is 2.22. The normalized spacial score (nSPS) is 22.6. The predicted octanol–water partition coefficient (Wildman–Crippen LogP) is 1.98. The summed E-state index contributed by atoms with van der Waals surface area (Å²) in [4.78, 5) is 10.1. The quantitative estimate of drug-likeness (QED) is 0.765. The number of nitrogens with one attached hydrogen (secondary N) is 1. The smallest absolute Gasteiger partial charge is 0.137 e. The molecule has 0 saturated carbocycles. The summed E-state index contributed by atoms with van der Waals surface area (Å²) in [6, 6.07) is 6.34. The maximum absolute atomic E-state index is 4.32. The second-order valence-corrected chi connectivity index (χ2v) is 4.41. The van der Waals surface area contributed by atoms with Crippen molar-refractivity contribution in [3.63, 3.8) is 0 Å². The van der Waals surface area contributed by atoms with Crippen LogP contribution in [-0.2, 0) is 0 Å². The Morgan fingerprint density at radius 2 is 2.47 bits per heavy atom. The van der Waals surface area contributed by atoms with Gasteiger partial charge in [-0.2, -0.15) is 0 Å². The summed E-state index contributed by atoms with van der Waals surface area (Å²) < 4.78 is 0. The first kappa shape index (κ1) is 8.92. The number of likely N-dealkylation sites (N-methyl/N-ethyl adjacent to an activating group) is 1. The molecule has 2 aromatic rings. The molecule has 0 spiro atoms. The summed E-state index contributed by atoms with van der Waals surface area (Å²) in [5, 5.41) is 1.22. The van der Waals surface area contributed by atoms with Crippen LogP contribution in [0.15, 0.2) is 24.4 Å². The Morgan fingerprint density at radius 3 is 3.20 bits per heavy atom. The van der Waals surface area contributed by atoms with Gasteiger partial charge in [0.25, 0.3) is 0 Å². The van der Waals surface area contributed by atoms with Crippen LogP contribution in [0.3, 0.4) is 0 Å². The Hall–Kier alpha value is -1.35. The van der Waals surface area contributed by atoms with Gasteiger partial charge < -0.3 is 9.88 Å². The van der Waals surface area contributed by atoms with Gasteiger partial charge in [-0.25, -0.2) is 4.98 Å². The van der Waals surface area contributed by atoms with Crippen molar-refractivity contribution in [3.8, 4) is 0 Å². The first-order valence-electron chi connectivity index (χ1n) is 5.45. The lowest BCUT2D eigenvalue weighted by Crippen LogP contribution is -2.13. The van der Waals surface area contributed by atoms with Crippen molar-refractivity contribution in [2.45, 2.75) is 12.3 Å². The van der Waals surface area contributed by atoms with Crippen LogP contribution in [0.2, 0.25) is 0 Å². The van der Waals surface area contributed by atoms with E-state index in [4.69, 9.17) is 0 Å². The summed E-state index contributed by atoms with van der Waals surface area (Å²) in [6.45, 7) is 2.36. The van der Waals surface area contributed by atoms with Crippen LogP contribution in [0.1, 0.15) is 18.0 Å². The molecule has 1 N–H and O–H groups in total. The minimum absolute atomic E-state index is 0.657. The molecule has 3 heteroatoms. The minimum atomic E-state index is 0.657. The zero-order valence-electron chi connectivity index (χ0n) is 8.90. The van der Waals surface area contributed by atoms with Gasteiger partial charge >= 0.3 is 0 Å². The van der Waals surface area contributed by atoms with Crippen molar-refractivity contribution in [3.05, 3.63) is 30.1 Å². The Morgan fingerprint density at radius 1 is 1.53 bits per heavy atom. The molecule has 0 aromatic carbocycles. The number of pyridine rings is 1. The Balaban J connectivity index is 1.98. The standard InChI is InChI=1S/C12H15N3/c1-15-6-4-10(8-15)11-7-9-3-2-5-13-12(9)14-11/h2-3,5,7,10H,4,6,8H2,1H3,(H,13,14). The van der Waals surface area contributed by atoms with Crippen molar-refractivity contribution in [2.24, 2.45) is 0 Å². The highest BCUT2D eigenvalue weighted by molar-refractivity contribution is 5.76. The van der Waals surface area contributed by atoms with E-state index < -0.39 is 0 Å². The predicted molar refractivity (Wildman–Crippen MR) is 60.9 cm³/mol. The maximum Gasteiger partial charge on any atom is 0.137 e. The lowest BCUT2D eigenvalue weighted by atomic mass is 10.1. The van der Waals surface area contributed by atoms with E-state index in [0.717, 1.165) is 12.2 Å². The number of hydrogen-bond donors (Lipinski definition) is 1. The molecule has 3 nitrogen and oxygen atoms in total. The molecule has 1 fully saturated rings. The summed E-state index contributed by atoms with van der Waals surface area (Å²) in [6.07, 6.45) is 3.09. The topological polar surface area (TPSA) is 31.9 Å². The van der Waals surface area contributed by atoms with E-state index in [0.29, 0.717) is 5.92 Å². The van der Waals surface area contributed by atoms with Crippen LogP contribution >= 0.6 is 0 Å². The van der Waals surface area contributed by atoms with E-state index in [1.165, 1.54) is 24.0 Å². The largest absolute Gasteiger partial charge is 0.343 e. The fourth-order valence-electron chi connectivity index (χ4n) is 2.39. The number of likely N-dealkylation sites (tertiary alicyclic amines) is 1. The van der Waals surface area contributed by atoms with Gasteiger partial charge in [-0.1, -0.05) is 0 Å². The third-order valence-corrected chi connectivity index (χ3v) is 3.24. The maximum atomic E-state index is 4.32. The number of aromatic amines is 1. The van der Waals surface area contributed by atoms with Gasteiger partial charge in [-0.15, -0.1) is 0 Å². The molecule has 0 amide bonds. The molecule has 3 heterocycles. The van der Waals surface area contributed by atoms with Gasteiger partial charge in [0.2, 0.25) is 0 Å². The first-order valence-corrected chi connectivity index (χ1v) is 5.45. The number of fused-ring (bicyclic) bond motifs is 1. The molecule has 1 saturated heterocycles. The molecule has 0 bridgehead atoms. The van der Waals surface area contributed by atoms with Gasteiger partial charge in [-0.05, 0) is 38.2 Å². The van der Waals surface area contributed by atoms with Crippen molar-refractivity contribution >= 4 is 11.0 Å². The van der Waals surface area contributed by atoms with Crippen LogP contribution in [0, 0.1) is 0 Å². The number of hydrogen-bond acceptors (Lipinski definition) is 2. The fraction of sp³-hybridized carbons (Fsp3) is 0.417. The third-order valence-electron chi connectivity index (χ3n) is 3.24. The van der Waals surface area contributed by atoms with Crippen molar-refractivity contribution < 1.29 is 0 Å². The summed E-state index contributed by atoms with van der Waals surface area (Å²) in [7, 11) is 2.18. The Bertz CT molecular complexity index is 441. The molecule has 0 radical (unpaired) electrons. The number of H-pyrrole nitrogens is 1. The highest BCUT2D eigenvalue weighted by atomic mass is 15.1. The minimum Gasteiger partial charge on any atom is -0.343 e. The molecule has 3 rings (SSSR count). The molecule has 15 heavy (non-hydrogen) atoms. The third kappa shape index (κ3) is 1.53. The molecule has 1 aliphatic heterocycles. The number of aromatic nitrogens is 2. The van der Waals surface area contributed by atoms with E-state index in [1.54, 1.807) is 0 Å². The zero-order chi connectivity index (χ0) is 10.3. The van der Waals surface area contributed by atoms with Gasteiger partial charge in [0.1, 0.15) is 5.65 Å². The molecule has 2 aromatic heterocycles. The SMILES string of the molecule is CN1CCC(c2cc3cccnc3[nH]2)C1. The lowest BCUT2D eigenvalue weighted by Gasteiger charge is -2.07. The molecular weight excluding hydrogens is 186 g/mol. The summed E-state index contributed by atoms with van der Waals surface area (Å²) in [5.41, 5.74) is 2.36. The van der Waals surface area contributed by atoms with E-state index in [9.17, 15) is 0 Å². The fourth-order valence-corrected chi connectivity index (χ4v) is 2.39. The molecule has 1 unspecified atom stereocenters. The average molecular weight is 201 g/mol. The van der Waals surface area contributed by atoms with E-state index in [2.05, 4.69) is 34.0 Å². The molecule has 1 atom stereocenters. The van der Waals surface area contributed by atoms with Crippen molar-refractivity contribution in [2.75, 3.05) is 20.1 Å². The molecular formula is C12H15N3. The number of rotatable bonds is 1. The monoisotopic (exact) mass is 201 g/mol. The van der Waals surface area contributed by atoms with E-state index in [-0.39, 0.29) is 0 Å². The van der Waals surface area contributed by atoms with Crippen molar-refractivity contribution in [1.82, 2.24) is 14.9 Å². The molecule has 78 valence electrons. The summed E-state index contributed by atoms with van der Waals surface area (Å²) >= 11 is 0. The van der Waals surface area contributed by atoms with Gasteiger partial charge in [0, 0.05) is 29.7 Å². The van der Waals surface area contributed by atoms with Crippen LogP contribution in [0.25, 0.3) is 11.0 Å². The van der Waals surface area contributed by atoms with E-state index >= 15 is 0 Å². The zero-order valence-corrected chi connectivity index (χ0v) is 8.90. The highest BCUT2D eigenvalue weighted by Crippen LogP contribution is 2.27. The second kappa shape index (κ2) is 3.35. The Labute approximate surface area is 89.1 Å². The summed E-state index contributed by atoms with van der Waals surface area (Å²) in [5.74, 6) is 0.657. The van der Waals surface area contributed by atoms with Crippen LogP contribution < -0.4 is 0 Å². The second-order valence-electron chi connectivity index (χ2n) is 4.41. The lowest BCUT2D eigenvalue weighted by molar-refractivity contribution is 0.411. The van der Waals surface area contributed by atoms with Crippen LogP contribution in [-0.4, -0.2) is 35.0 Å². The first-order chi connectivity index (χ1) is 7.33. The Kier molecular flexibility index (Phi) is 1.99. The molecule has 0 aliphatic carbocycles. The average Bonchev–Trinajstić information content (AvgIpc) is 2.82. The van der Waals surface area contributed by atoms with Crippen LogP contribution in [0.4, 0.5) is 0 Å². The molecule has 1 aliphatic rings. The van der Waals surface area contributed by atoms with Crippen molar-refractivity contribution in [1.29, 1.82) is 0 Å². The van der Waals surface area contributed by atoms with Gasteiger partial charge in [-0.3, -0.25) is 0 Å². The van der Waals surface area contributed by atoms with E-state index in [1.807, 2.05) is 12.3 Å². The number of nitrogens with zero attached hydrogens (tertiary/aromatic N) is 2. The van der Waals surface area contributed by atoms with Crippen LogP contribution in [0.5, 0.6) is 0 Å². The van der Waals surface area contributed by atoms with Gasteiger partial charge in [0.05, 0.1) is 0 Å². The van der Waals surface area contributed by atoms with Gasteiger partial charge in [0.15, 0.2) is 0 Å².